The predicted octanol–water partition coefficient (Wildman–Crippen LogP) is -0.149. The Morgan fingerprint density at radius 1 is 1.40 bits per heavy atom. The largest absolute Gasteiger partial charge is 0.394 e. The third-order valence-electron chi connectivity index (χ3n) is 3.08. The molecule has 0 spiro atoms. The Morgan fingerprint density at radius 2 is 2.15 bits per heavy atom. The van der Waals surface area contributed by atoms with Crippen LogP contribution in [0, 0.1) is 0 Å². The maximum Gasteiger partial charge on any atom is 0.167 e. The minimum atomic E-state index is -0.698. The average Bonchev–Trinajstić information content (AvgIpc) is 3.05. The summed E-state index contributed by atoms with van der Waals surface area (Å²) in [5, 5.41) is 18.8. The van der Waals surface area contributed by atoms with Crippen LogP contribution in [0.2, 0.25) is 0 Å². The first kappa shape index (κ1) is 14.4. The summed E-state index contributed by atoms with van der Waals surface area (Å²) in [5.74, 6) is 0.302. The highest BCUT2D eigenvalue weighted by atomic mass is 16.5. The van der Waals surface area contributed by atoms with E-state index in [-0.39, 0.29) is 6.61 Å². The molecule has 2 aromatic rings. The summed E-state index contributed by atoms with van der Waals surface area (Å²) < 4.78 is 7.22. The zero-order valence-corrected chi connectivity index (χ0v) is 10.9. The number of aliphatic hydroxyl groups is 2. The normalized spacial score (nSPS) is 25.4. The van der Waals surface area contributed by atoms with Crippen molar-refractivity contribution >= 4 is 17.0 Å². The van der Waals surface area contributed by atoms with Gasteiger partial charge in [-0.05, 0) is 0 Å². The van der Waals surface area contributed by atoms with Crippen LogP contribution in [0.15, 0.2) is 25.8 Å². The quantitative estimate of drug-likeness (QED) is 0.654. The van der Waals surface area contributed by atoms with Gasteiger partial charge in [0, 0.05) is 6.42 Å². The van der Waals surface area contributed by atoms with E-state index in [4.69, 9.17) is 15.6 Å². The topological polar surface area (TPSA) is 119 Å². The molecule has 4 N–H and O–H groups in total. The Balaban J connectivity index is 0.000000704. The monoisotopic (exact) mass is 279 g/mol. The van der Waals surface area contributed by atoms with Crippen LogP contribution in [-0.2, 0) is 4.74 Å². The lowest BCUT2D eigenvalue weighted by Crippen LogP contribution is -2.24. The van der Waals surface area contributed by atoms with Crippen molar-refractivity contribution in [2.24, 2.45) is 0 Å². The number of aliphatic hydroxyl groups excluding tert-OH is 2. The molecule has 1 aliphatic heterocycles. The van der Waals surface area contributed by atoms with Gasteiger partial charge in [0.15, 0.2) is 11.5 Å². The number of hydrogen-bond donors (Lipinski definition) is 3. The number of rotatable bonds is 2. The maximum absolute atomic E-state index is 9.71. The molecule has 1 aliphatic rings. The van der Waals surface area contributed by atoms with E-state index in [0.717, 1.165) is 0 Å². The van der Waals surface area contributed by atoms with Gasteiger partial charge in [-0.2, -0.15) is 0 Å². The fourth-order valence-electron chi connectivity index (χ4n) is 2.13. The van der Waals surface area contributed by atoms with Crippen LogP contribution < -0.4 is 5.73 Å². The molecule has 3 rings (SSSR count). The summed E-state index contributed by atoms with van der Waals surface area (Å²) in [4.78, 5) is 12.1. The van der Waals surface area contributed by atoms with E-state index in [1.54, 1.807) is 10.9 Å². The average molecular weight is 279 g/mol. The molecule has 1 fully saturated rings. The molecule has 108 valence electrons. The number of fused-ring (bicyclic) bond motifs is 1. The van der Waals surface area contributed by atoms with Gasteiger partial charge in [-0.15, -0.1) is 13.2 Å². The minimum Gasteiger partial charge on any atom is -0.394 e. The lowest BCUT2D eigenvalue weighted by Gasteiger charge is -2.13. The number of hydrogen-bond acceptors (Lipinski definition) is 7. The lowest BCUT2D eigenvalue weighted by atomic mass is 10.2. The fourth-order valence-corrected chi connectivity index (χ4v) is 2.13. The zero-order valence-electron chi connectivity index (χ0n) is 10.9. The van der Waals surface area contributed by atoms with Crippen LogP contribution in [0.4, 0.5) is 5.82 Å². The molecule has 2 aromatic heterocycles. The van der Waals surface area contributed by atoms with Gasteiger partial charge in [0.25, 0.3) is 0 Å². The van der Waals surface area contributed by atoms with Gasteiger partial charge in [0.05, 0.1) is 19.0 Å². The molecule has 3 atom stereocenters. The third-order valence-corrected chi connectivity index (χ3v) is 3.08. The first-order chi connectivity index (χ1) is 9.70. The van der Waals surface area contributed by atoms with E-state index in [9.17, 15) is 5.11 Å². The number of nitrogen functional groups attached to an aromatic ring is 1. The fraction of sp³-hybridized carbons (Fsp3) is 0.417. The van der Waals surface area contributed by atoms with Gasteiger partial charge in [-0.25, -0.2) is 15.0 Å². The van der Waals surface area contributed by atoms with Gasteiger partial charge >= 0.3 is 0 Å². The molecule has 8 nitrogen and oxygen atoms in total. The van der Waals surface area contributed by atoms with Crippen molar-refractivity contribution < 1.29 is 14.9 Å². The van der Waals surface area contributed by atoms with Crippen molar-refractivity contribution in [2.45, 2.75) is 24.9 Å². The van der Waals surface area contributed by atoms with E-state index in [2.05, 4.69) is 28.1 Å². The Labute approximate surface area is 115 Å². The highest BCUT2D eigenvalue weighted by Gasteiger charge is 2.35. The Kier molecular flexibility index (Phi) is 4.28. The molecule has 0 aromatic carbocycles. The zero-order chi connectivity index (χ0) is 14.7. The number of aromatic nitrogens is 4. The molecule has 0 amide bonds. The van der Waals surface area contributed by atoms with Crippen LogP contribution >= 0.6 is 0 Å². The number of imidazole rings is 1. The summed E-state index contributed by atoms with van der Waals surface area (Å²) in [6.45, 7) is 5.78. The van der Waals surface area contributed by atoms with Crippen molar-refractivity contribution in [3.05, 3.63) is 25.8 Å². The van der Waals surface area contributed by atoms with E-state index in [1.165, 1.54) is 6.33 Å². The van der Waals surface area contributed by atoms with Gasteiger partial charge in [0.1, 0.15) is 24.2 Å². The van der Waals surface area contributed by atoms with Crippen molar-refractivity contribution in [2.75, 3.05) is 12.3 Å². The maximum atomic E-state index is 9.71. The summed E-state index contributed by atoms with van der Waals surface area (Å²) in [7, 11) is 0. The third kappa shape index (κ3) is 2.36. The molecule has 0 unspecified atom stereocenters. The SMILES string of the molecule is C=C.Nc1ncnc2c1ncn2[C@H]1C[C@H](O)[C@@H](CO)O1. The number of ether oxygens (including phenoxy) is 1. The number of nitrogens with two attached hydrogens (primary N) is 1. The molecular formula is C12H17N5O3. The van der Waals surface area contributed by atoms with Gasteiger partial charge in [-0.3, -0.25) is 4.57 Å². The molecule has 8 heteroatoms. The van der Waals surface area contributed by atoms with Gasteiger partial charge in [-0.1, -0.05) is 0 Å². The van der Waals surface area contributed by atoms with Crippen LogP contribution in [0.3, 0.4) is 0 Å². The van der Waals surface area contributed by atoms with Crippen LogP contribution in [0.5, 0.6) is 0 Å². The number of nitrogens with zero attached hydrogens (tertiary/aromatic N) is 4. The highest BCUT2D eigenvalue weighted by Crippen LogP contribution is 2.30. The molecule has 0 bridgehead atoms. The van der Waals surface area contributed by atoms with E-state index in [1.807, 2.05) is 0 Å². The smallest absolute Gasteiger partial charge is 0.167 e. The Hall–Kier alpha value is -2.03. The second-order valence-corrected chi connectivity index (χ2v) is 4.20. The number of anilines is 1. The van der Waals surface area contributed by atoms with Gasteiger partial charge < -0.3 is 20.7 Å². The first-order valence-electron chi connectivity index (χ1n) is 6.08. The lowest BCUT2D eigenvalue weighted by molar-refractivity contribution is -0.0432. The van der Waals surface area contributed by atoms with Crippen molar-refractivity contribution in [1.82, 2.24) is 19.5 Å². The molecule has 0 aliphatic carbocycles. The first-order valence-corrected chi connectivity index (χ1v) is 6.08. The van der Waals surface area contributed by atoms with E-state index < -0.39 is 18.4 Å². The summed E-state index contributed by atoms with van der Waals surface area (Å²) in [6.07, 6.45) is 1.60. The van der Waals surface area contributed by atoms with E-state index in [0.29, 0.717) is 23.4 Å². The predicted molar refractivity (Wildman–Crippen MR) is 72.6 cm³/mol. The Morgan fingerprint density at radius 3 is 2.80 bits per heavy atom. The molecule has 1 saturated heterocycles. The van der Waals surface area contributed by atoms with Crippen LogP contribution in [0.1, 0.15) is 12.6 Å². The van der Waals surface area contributed by atoms with E-state index >= 15 is 0 Å². The van der Waals surface area contributed by atoms with Crippen molar-refractivity contribution in [1.29, 1.82) is 0 Å². The summed E-state index contributed by atoms with van der Waals surface area (Å²) in [5.41, 5.74) is 6.75. The molecular weight excluding hydrogens is 262 g/mol. The van der Waals surface area contributed by atoms with Gasteiger partial charge in [0.2, 0.25) is 0 Å². The van der Waals surface area contributed by atoms with Crippen molar-refractivity contribution in [3.63, 3.8) is 0 Å². The second-order valence-electron chi connectivity index (χ2n) is 4.20. The van der Waals surface area contributed by atoms with Crippen molar-refractivity contribution in [3.8, 4) is 0 Å². The highest BCUT2D eigenvalue weighted by molar-refractivity contribution is 5.81. The Bertz CT molecular complexity index is 587. The summed E-state index contributed by atoms with van der Waals surface area (Å²) in [6, 6.07) is 0. The molecule has 3 heterocycles. The molecule has 0 saturated carbocycles. The molecule has 0 radical (unpaired) electrons. The minimum absolute atomic E-state index is 0.221. The second kappa shape index (κ2) is 5.95. The standard InChI is InChI=1S/C10H13N5O3.C2H4/c11-9-8-10(13-3-12-9)15(4-14-8)7-1-5(17)6(2-16)18-7;1-2/h3-7,16-17H,1-2H2,(H2,11,12,13);1-2H2/t5-,6+,7+;/m0./s1. The summed E-state index contributed by atoms with van der Waals surface area (Å²) >= 11 is 0. The molecule has 20 heavy (non-hydrogen) atoms. The van der Waals surface area contributed by atoms with Crippen LogP contribution in [-0.4, -0.2) is 48.5 Å². The van der Waals surface area contributed by atoms with Crippen LogP contribution in [0.25, 0.3) is 11.2 Å².